The van der Waals surface area contributed by atoms with Crippen molar-refractivity contribution in [1.82, 2.24) is 10.2 Å². The third-order valence-electron chi connectivity index (χ3n) is 2.58. The van der Waals surface area contributed by atoms with Crippen molar-refractivity contribution in [3.63, 3.8) is 0 Å². The van der Waals surface area contributed by atoms with Crippen LogP contribution >= 0.6 is 0 Å². The fourth-order valence-electron chi connectivity index (χ4n) is 1.58. The van der Waals surface area contributed by atoms with E-state index in [2.05, 4.69) is 5.32 Å². The predicted octanol–water partition coefficient (Wildman–Crippen LogP) is -0.422. The second-order valence-electron chi connectivity index (χ2n) is 3.48. The van der Waals surface area contributed by atoms with E-state index >= 15 is 0 Å². The molecule has 0 aromatic heterocycles. The molecular formula is C9H18N2O2. The highest BCUT2D eigenvalue weighted by atomic mass is 16.3. The van der Waals surface area contributed by atoms with Gasteiger partial charge in [0.05, 0.1) is 0 Å². The number of rotatable bonds is 3. The molecule has 1 aliphatic rings. The zero-order valence-electron chi connectivity index (χ0n) is 8.29. The summed E-state index contributed by atoms with van der Waals surface area (Å²) in [5.74, 6) is -0.125. The molecule has 4 heteroatoms. The van der Waals surface area contributed by atoms with E-state index in [0.29, 0.717) is 12.5 Å². The lowest BCUT2D eigenvalue weighted by atomic mass is 10.2. The molecule has 4 nitrogen and oxygen atoms in total. The van der Waals surface area contributed by atoms with Crippen LogP contribution in [0.3, 0.4) is 0 Å². The summed E-state index contributed by atoms with van der Waals surface area (Å²) >= 11 is 0. The number of carbonyl (C=O) groups is 1. The molecule has 0 aliphatic carbocycles. The van der Waals surface area contributed by atoms with E-state index in [1.807, 2.05) is 14.0 Å². The van der Waals surface area contributed by atoms with Crippen LogP contribution in [0.5, 0.6) is 0 Å². The van der Waals surface area contributed by atoms with Gasteiger partial charge < -0.3 is 15.3 Å². The van der Waals surface area contributed by atoms with E-state index in [1.165, 1.54) is 0 Å². The lowest BCUT2D eigenvalue weighted by Crippen LogP contribution is -2.39. The summed E-state index contributed by atoms with van der Waals surface area (Å²) in [6.07, 6.45) is 0.675. The minimum absolute atomic E-state index is 0.125. The van der Waals surface area contributed by atoms with Crippen LogP contribution in [0.15, 0.2) is 0 Å². The summed E-state index contributed by atoms with van der Waals surface area (Å²) in [6, 6.07) is 0.396. The summed E-state index contributed by atoms with van der Waals surface area (Å²) in [5.41, 5.74) is 0. The first-order chi connectivity index (χ1) is 6.19. The van der Waals surface area contributed by atoms with Gasteiger partial charge in [-0.1, -0.05) is 6.92 Å². The maximum Gasteiger partial charge on any atom is 0.251 e. The van der Waals surface area contributed by atoms with Gasteiger partial charge in [0.15, 0.2) is 0 Å². The van der Waals surface area contributed by atoms with Gasteiger partial charge in [-0.3, -0.25) is 4.79 Å². The maximum atomic E-state index is 11.5. The Bertz CT molecular complexity index is 184. The quantitative estimate of drug-likeness (QED) is 0.629. The van der Waals surface area contributed by atoms with E-state index in [-0.39, 0.29) is 5.91 Å². The van der Waals surface area contributed by atoms with Crippen LogP contribution in [0.4, 0.5) is 0 Å². The van der Waals surface area contributed by atoms with Crippen LogP contribution in [0.2, 0.25) is 0 Å². The number of likely N-dealkylation sites (tertiary alicyclic amines) is 1. The monoisotopic (exact) mass is 186 g/mol. The molecule has 2 N–H and O–H groups in total. The van der Waals surface area contributed by atoms with E-state index in [4.69, 9.17) is 0 Å². The van der Waals surface area contributed by atoms with Crippen LogP contribution in [0, 0.1) is 0 Å². The Morgan fingerprint density at radius 1 is 1.77 bits per heavy atom. The van der Waals surface area contributed by atoms with Crippen molar-refractivity contribution >= 4 is 5.91 Å². The lowest BCUT2D eigenvalue weighted by molar-refractivity contribution is -0.139. The van der Waals surface area contributed by atoms with Crippen molar-refractivity contribution in [2.24, 2.45) is 0 Å². The average Bonchev–Trinajstić information content (AvgIpc) is 2.63. The molecule has 0 spiro atoms. The molecule has 1 fully saturated rings. The van der Waals surface area contributed by atoms with Gasteiger partial charge in [-0.05, 0) is 19.9 Å². The molecule has 0 bridgehead atoms. The van der Waals surface area contributed by atoms with E-state index < -0.39 is 6.10 Å². The van der Waals surface area contributed by atoms with E-state index in [0.717, 1.165) is 19.5 Å². The van der Waals surface area contributed by atoms with Crippen LogP contribution in [-0.4, -0.2) is 48.2 Å². The normalized spacial score (nSPS) is 24.8. The molecule has 1 amide bonds. The Morgan fingerprint density at radius 3 is 2.92 bits per heavy atom. The maximum absolute atomic E-state index is 11.5. The molecule has 0 aromatic carbocycles. The van der Waals surface area contributed by atoms with E-state index in [1.54, 1.807) is 4.90 Å². The molecule has 0 unspecified atom stereocenters. The van der Waals surface area contributed by atoms with Gasteiger partial charge in [-0.25, -0.2) is 0 Å². The Balaban J connectivity index is 2.41. The largest absolute Gasteiger partial charge is 0.383 e. The highest BCUT2D eigenvalue weighted by Gasteiger charge is 2.28. The van der Waals surface area contributed by atoms with Crippen molar-refractivity contribution in [3.05, 3.63) is 0 Å². The third kappa shape index (κ3) is 2.42. The van der Waals surface area contributed by atoms with E-state index in [9.17, 15) is 9.90 Å². The summed E-state index contributed by atoms with van der Waals surface area (Å²) in [6.45, 7) is 3.31. The molecule has 0 saturated carbocycles. The summed E-state index contributed by atoms with van der Waals surface area (Å²) in [7, 11) is 1.90. The Kier molecular flexibility index (Phi) is 3.69. The first-order valence-corrected chi connectivity index (χ1v) is 4.83. The number of hydrogen-bond donors (Lipinski definition) is 2. The van der Waals surface area contributed by atoms with Gasteiger partial charge in [-0.2, -0.15) is 0 Å². The van der Waals surface area contributed by atoms with Crippen molar-refractivity contribution < 1.29 is 9.90 Å². The number of nitrogens with zero attached hydrogens (tertiary/aromatic N) is 1. The Labute approximate surface area is 78.9 Å². The molecule has 1 rings (SSSR count). The van der Waals surface area contributed by atoms with Crippen LogP contribution in [0.25, 0.3) is 0 Å². The van der Waals surface area contributed by atoms with Crippen LogP contribution in [-0.2, 0) is 4.79 Å². The van der Waals surface area contributed by atoms with Gasteiger partial charge >= 0.3 is 0 Å². The number of aliphatic hydroxyl groups excluding tert-OH is 1. The van der Waals surface area contributed by atoms with Crippen LogP contribution in [0.1, 0.15) is 19.8 Å². The Morgan fingerprint density at radius 2 is 2.46 bits per heavy atom. The molecule has 1 heterocycles. The topological polar surface area (TPSA) is 52.6 Å². The van der Waals surface area contributed by atoms with Gasteiger partial charge in [0.1, 0.15) is 6.10 Å². The molecule has 2 atom stereocenters. The smallest absolute Gasteiger partial charge is 0.251 e. The predicted molar refractivity (Wildman–Crippen MR) is 50.3 cm³/mol. The second kappa shape index (κ2) is 4.58. The number of likely N-dealkylation sites (N-methyl/N-ethyl adjacent to an activating group) is 1. The highest BCUT2D eigenvalue weighted by Crippen LogP contribution is 2.10. The number of hydrogen-bond acceptors (Lipinski definition) is 3. The van der Waals surface area contributed by atoms with Gasteiger partial charge in [0.25, 0.3) is 5.91 Å². The van der Waals surface area contributed by atoms with Gasteiger partial charge in [0.2, 0.25) is 0 Å². The zero-order chi connectivity index (χ0) is 9.84. The summed E-state index contributed by atoms with van der Waals surface area (Å²) < 4.78 is 0. The molecular weight excluding hydrogens is 168 g/mol. The van der Waals surface area contributed by atoms with Crippen LogP contribution < -0.4 is 5.32 Å². The molecule has 76 valence electrons. The second-order valence-corrected chi connectivity index (χ2v) is 3.48. The molecule has 13 heavy (non-hydrogen) atoms. The minimum atomic E-state index is -0.810. The zero-order valence-corrected chi connectivity index (χ0v) is 8.29. The number of amides is 1. The average molecular weight is 186 g/mol. The van der Waals surface area contributed by atoms with Crippen molar-refractivity contribution in [1.29, 1.82) is 0 Å². The molecule has 1 aliphatic heterocycles. The summed E-state index contributed by atoms with van der Waals surface area (Å²) in [4.78, 5) is 13.2. The van der Waals surface area contributed by atoms with Crippen molar-refractivity contribution in [3.8, 4) is 0 Å². The Hall–Kier alpha value is -0.610. The number of carbonyl (C=O) groups excluding carboxylic acids is 1. The number of aliphatic hydroxyl groups is 1. The highest BCUT2D eigenvalue weighted by molar-refractivity contribution is 5.80. The fourth-order valence-corrected chi connectivity index (χ4v) is 1.58. The third-order valence-corrected chi connectivity index (χ3v) is 2.58. The first-order valence-electron chi connectivity index (χ1n) is 4.83. The number of nitrogens with one attached hydrogen (secondary N) is 1. The summed E-state index contributed by atoms with van der Waals surface area (Å²) in [5, 5.41) is 12.5. The first kappa shape index (κ1) is 10.5. The van der Waals surface area contributed by atoms with Crippen molar-refractivity contribution in [2.75, 3.05) is 20.1 Å². The standard InChI is InChI=1S/C9H18N2O2/c1-3-8(12)9(13)11-5-4-7(6-11)10-2/h7-8,10,12H,3-6H2,1-2H3/t7-,8+/m0/s1. The minimum Gasteiger partial charge on any atom is -0.383 e. The molecule has 0 radical (unpaired) electrons. The fraction of sp³-hybridized carbons (Fsp3) is 0.889. The molecule has 1 saturated heterocycles. The molecule has 0 aromatic rings. The van der Waals surface area contributed by atoms with Gasteiger partial charge in [0, 0.05) is 19.1 Å². The van der Waals surface area contributed by atoms with Gasteiger partial charge in [-0.15, -0.1) is 0 Å². The SMILES string of the molecule is CC[C@@H](O)C(=O)N1CC[C@H](NC)C1. The lowest BCUT2D eigenvalue weighted by Gasteiger charge is -2.19. The van der Waals surface area contributed by atoms with Crippen molar-refractivity contribution in [2.45, 2.75) is 31.9 Å².